The molecule has 2 heterocycles. The molecule has 2 fully saturated rings. The van der Waals surface area contributed by atoms with E-state index in [4.69, 9.17) is 34.0 Å². The molecule has 2 saturated heterocycles. The van der Waals surface area contributed by atoms with Crippen LogP contribution in [0.15, 0.2) is 5.11 Å². The molecule has 5 atom stereocenters. The highest BCUT2D eigenvalue weighted by molar-refractivity contribution is 4.97. The summed E-state index contributed by atoms with van der Waals surface area (Å²) in [4.78, 5) is 2.77. The van der Waals surface area contributed by atoms with E-state index in [1.54, 1.807) is 0 Å². The third-order valence-electron chi connectivity index (χ3n) is 4.91. The molecule has 0 bridgehead atoms. The highest BCUT2D eigenvalue weighted by Gasteiger charge is 2.56. The lowest BCUT2D eigenvalue weighted by molar-refractivity contribution is -0.293. The normalized spacial score (nSPS) is 30.7. The minimum Gasteiger partial charge on any atom is -0.379 e. The molecular weight excluding hydrogens is 378 g/mol. The molecule has 0 aromatic heterocycles. The van der Waals surface area contributed by atoms with Gasteiger partial charge in [0.1, 0.15) is 24.4 Å². The van der Waals surface area contributed by atoms with Gasteiger partial charge < -0.3 is 28.4 Å². The first-order valence-corrected chi connectivity index (χ1v) is 10.8. The van der Waals surface area contributed by atoms with Crippen molar-refractivity contribution in [2.45, 2.75) is 96.3 Å². The molecule has 2 aliphatic heterocycles. The highest BCUT2D eigenvalue weighted by Crippen LogP contribution is 2.39. The summed E-state index contributed by atoms with van der Waals surface area (Å²) in [6.07, 6.45) is 2.84. The van der Waals surface area contributed by atoms with Gasteiger partial charge in [-0.15, -0.1) is 0 Å². The van der Waals surface area contributed by atoms with Gasteiger partial charge >= 0.3 is 0 Å². The van der Waals surface area contributed by atoms with Crippen LogP contribution in [0.2, 0.25) is 0 Å². The Morgan fingerprint density at radius 1 is 0.966 bits per heavy atom. The molecule has 0 aromatic carbocycles. The predicted molar refractivity (Wildman–Crippen MR) is 107 cm³/mol. The maximum Gasteiger partial charge on any atom is 0.186 e. The molecule has 0 saturated carbocycles. The van der Waals surface area contributed by atoms with Gasteiger partial charge in [0.05, 0.1) is 6.61 Å². The van der Waals surface area contributed by atoms with E-state index < -0.39 is 12.1 Å². The molecule has 2 unspecified atom stereocenters. The SMILES string of the molecule is CCCCOCC1O[C@@H](OCCCN=[N+]=[N-])[C@@H](OCCCC)C2OC(C)(C)O[C@@H]12. The maximum atomic E-state index is 8.41. The number of azide groups is 1. The second-order valence-electron chi connectivity index (χ2n) is 7.90. The molecule has 9 nitrogen and oxygen atoms in total. The van der Waals surface area contributed by atoms with Crippen molar-refractivity contribution in [3.05, 3.63) is 10.4 Å². The van der Waals surface area contributed by atoms with Crippen LogP contribution in [0, 0.1) is 0 Å². The summed E-state index contributed by atoms with van der Waals surface area (Å²) in [6, 6.07) is 0. The molecule has 0 aliphatic carbocycles. The van der Waals surface area contributed by atoms with Gasteiger partial charge in [-0.2, -0.15) is 0 Å². The standard InChI is InChI=1S/C20H37N3O6/c1-5-7-11-24-14-15-16-17(29-20(3,4)28-16)18(25-12-8-6-2)19(27-15)26-13-9-10-22-23-21/h15-19H,5-14H2,1-4H3/t15?,16-,17?,18-,19+/m0/s1. The third-order valence-corrected chi connectivity index (χ3v) is 4.91. The first-order valence-electron chi connectivity index (χ1n) is 10.8. The van der Waals surface area contributed by atoms with Crippen LogP contribution in [0.4, 0.5) is 0 Å². The zero-order chi connectivity index (χ0) is 21.1. The summed E-state index contributed by atoms with van der Waals surface area (Å²) in [5, 5.41) is 3.54. The fraction of sp³-hybridized carbons (Fsp3) is 1.00. The lowest BCUT2D eigenvalue weighted by atomic mass is 9.99. The molecule has 2 rings (SSSR count). The van der Waals surface area contributed by atoms with E-state index in [0.29, 0.717) is 39.4 Å². The largest absolute Gasteiger partial charge is 0.379 e. The first kappa shape index (κ1) is 24.3. The average Bonchev–Trinajstić information content (AvgIpc) is 3.02. The minimum atomic E-state index is -0.719. The Bertz CT molecular complexity index is 514. The first-order chi connectivity index (χ1) is 14.0. The van der Waals surface area contributed by atoms with Gasteiger partial charge in [0.25, 0.3) is 0 Å². The van der Waals surface area contributed by atoms with Gasteiger partial charge in [0.2, 0.25) is 0 Å². The fourth-order valence-corrected chi connectivity index (χ4v) is 3.47. The van der Waals surface area contributed by atoms with E-state index >= 15 is 0 Å². The van der Waals surface area contributed by atoms with Crippen LogP contribution in [0.3, 0.4) is 0 Å². The van der Waals surface area contributed by atoms with Crippen molar-refractivity contribution in [2.75, 3.05) is 33.0 Å². The molecule has 2 aliphatic rings. The number of rotatable bonds is 14. The van der Waals surface area contributed by atoms with Gasteiger partial charge in [0.15, 0.2) is 12.1 Å². The van der Waals surface area contributed by atoms with Gasteiger partial charge in [-0.25, -0.2) is 0 Å². The van der Waals surface area contributed by atoms with E-state index in [9.17, 15) is 0 Å². The highest BCUT2D eigenvalue weighted by atomic mass is 16.8. The Hall–Kier alpha value is -0.930. The lowest BCUT2D eigenvalue weighted by Crippen LogP contribution is -2.59. The van der Waals surface area contributed by atoms with E-state index in [2.05, 4.69) is 23.9 Å². The number of nitrogens with zero attached hydrogens (tertiary/aromatic N) is 3. The third kappa shape index (κ3) is 7.68. The monoisotopic (exact) mass is 415 g/mol. The van der Waals surface area contributed by atoms with Crippen LogP contribution in [-0.2, 0) is 28.4 Å². The molecule has 9 heteroatoms. The molecule has 0 radical (unpaired) electrons. The van der Waals surface area contributed by atoms with Crippen molar-refractivity contribution in [1.29, 1.82) is 0 Å². The van der Waals surface area contributed by atoms with Crippen molar-refractivity contribution in [2.24, 2.45) is 5.11 Å². The van der Waals surface area contributed by atoms with Gasteiger partial charge in [-0.1, -0.05) is 31.8 Å². The maximum absolute atomic E-state index is 8.41. The quantitative estimate of drug-likeness (QED) is 0.184. The molecular formula is C20H37N3O6. The molecule has 29 heavy (non-hydrogen) atoms. The van der Waals surface area contributed by atoms with Crippen molar-refractivity contribution in [1.82, 2.24) is 0 Å². The molecule has 0 amide bonds. The summed E-state index contributed by atoms with van der Waals surface area (Å²) in [6.45, 7) is 10.6. The van der Waals surface area contributed by atoms with Crippen LogP contribution in [-0.4, -0.2) is 69.5 Å². The molecule has 0 aromatic rings. The van der Waals surface area contributed by atoms with Crippen molar-refractivity contribution >= 4 is 0 Å². The summed E-state index contributed by atoms with van der Waals surface area (Å²) in [7, 11) is 0. The summed E-state index contributed by atoms with van der Waals surface area (Å²) in [5.41, 5.74) is 8.41. The molecule has 0 N–H and O–H groups in total. The Balaban J connectivity index is 2.05. The average molecular weight is 416 g/mol. The second-order valence-corrected chi connectivity index (χ2v) is 7.90. The van der Waals surface area contributed by atoms with Crippen molar-refractivity contribution in [3.63, 3.8) is 0 Å². The predicted octanol–water partition coefficient (Wildman–Crippen LogP) is 3.95. The smallest absolute Gasteiger partial charge is 0.186 e. The van der Waals surface area contributed by atoms with Gasteiger partial charge in [-0.3, -0.25) is 0 Å². The van der Waals surface area contributed by atoms with Gasteiger partial charge in [-0.05, 0) is 38.6 Å². The van der Waals surface area contributed by atoms with E-state index in [-0.39, 0.29) is 24.4 Å². The number of ether oxygens (including phenoxy) is 6. The minimum absolute atomic E-state index is 0.277. The summed E-state index contributed by atoms with van der Waals surface area (Å²) < 4.78 is 36.5. The zero-order valence-corrected chi connectivity index (χ0v) is 18.2. The number of unbranched alkanes of at least 4 members (excludes halogenated alkanes) is 2. The number of hydrogen-bond donors (Lipinski definition) is 0. The van der Waals surface area contributed by atoms with E-state index in [1.165, 1.54) is 0 Å². The summed E-state index contributed by atoms with van der Waals surface area (Å²) in [5.74, 6) is -0.719. The Labute approximate surface area is 173 Å². The molecule has 168 valence electrons. The Morgan fingerprint density at radius 2 is 1.66 bits per heavy atom. The number of fused-ring (bicyclic) bond motifs is 1. The Morgan fingerprint density at radius 3 is 2.38 bits per heavy atom. The van der Waals surface area contributed by atoms with Crippen molar-refractivity contribution in [3.8, 4) is 0 Å². The van der Waals surface area contributed by atoms with Crippen molar-refractivity contribution < 1.29 is 28.4 Å². The lowest BCUT2D eigenvalue weighted by Gasteiger charge is -2.41. The second kappa shape index (κ2) is 12.7. The molecule has 0 spiro atoms. The fourth-order valence-electron chi connectivity index (χ4n) is 3.47. The Kier molecular flexibility index (Phi) is 10.7. The van der Waals surface area contributed by atoms with Crippen LogP contribution in [0.1, 0.15) is 59.8 Å². The van der Waals surface area contributed by atoms with Crippen LogP contribution in [0.5, 0.6) is 0 Å². The van der Waals surface area contributed by atoms with Crippen LogP contribution < -0.4 is 0 Å². The topological polar surface area (TPSA) is 104 Å². The van der Waals surface area contributed by atoms with E-state index in [1.807, 2.05) is 13.8 Å². The van der Waals surface area contributed by atoms with Crippen LogP contribution >= 0.6 is 0 Å². The van der Waals surface area contributed by atoms with Crippen LogP contribution in [0.25, 0.3) is 10.4 Å². The zero-order valence-electron chi connectivity index (χ0n) is 18.2. The van der Waals surface area contributed by atoms with Gasteiger partial charge in [0, 0.05) is 31.3 Å². The van der Waals surface area contributed by atoms with E-state index in [0.717, 1.165) is 25.7 Å². The summed E-state index contributed by atoms with van der Waals surface area (Å²) >= 11 is 0. The number of hydrogen-bond acceptors (Lipinski definition) is 7.